The Kier molecular flexibility index (Phi) is 3.42. The Hall–Kier alpha value is -1.55. The molecule has 0 spiro atoms. The molecule has 1 aliphatic carbocycles. The molecule has 1 atom stereocenters. The van der Waals surface area contributed by atoms with Gasteiger partial charge in [0.1, 0.15) is 0 Å². The fraction of sp³-hybridized carbons (Fsp3) is 0.533. The van der Waals surface area contributed by atoms with E-state index in [1.807, 2.05) is 11.0 Å². The molecular formula is C15H21N3O. The van der Waals surface area contributed by atoms with Crippen molar-refractivity contribution in [2.75, 3.05) is 26.7 Å². The van der Waals surface area contributed by atoms with E-state index in [0.29, 0.717) is 12.1 Å². The Morgan fingerprint density at radius 1 is 1.21 bits per heavy atom. The molecular weight excluding hydrogens is 238 g/mol. The van der Waals surface area contributed by atoms with Crippen LogP contribution in [0, 0.1) is 0 Å². The zero-order valence-electron chi connectivity index (χ0n) is 11.4. The van der Waals surface area contributed by atoms with E-state index >= 15 is 0 Å². The van der Waals surface area contributed by atoms with Gasteiger partial charge in [-0.3, -0.25) is 4.90 Å². The van der Waals surface area contributed by atoms with Crippen LogP contribution in [0.1, 0.15) is 24.4 Å². The molecule has 2 aliphatic rings. The molecule has 1 unspecified atom stereocenters. The Bertz CT molecular complexity index is 444. The maximum atomic E-state index is 12.1. The first kappa shape index (κ1) is 12.5. The number of rotatable bonds is 2. The third-order valence-corrected chi connectivity index (χ3v) is 4.02. The molecule has 1 aromatic rings. The molecule has 1 aromatic carbocycles. The Labute approximate surface area is 114 Å². The minimum atomic E-state index is 0.108. The number of carbonyl (C=O) groups is 1. The molecule has 0 bridgehead atoms. The quantitative estimate of drug-likeness (QED) is 0.879. The third kappa shape index (κ3) is 2.89. The molecule has 0 radical (unpaired) electrons. The monoisotopic (exact) mass is 259 g/mol. The molecule has 4 heteroatoms. The van der Waals surface area contributed by atoms with Crippen LogP contribution in [0.2, 0.25) is 0 Å². The van der Waals surface area contributed by atoms with E-state index in [4.69, 9.17) is 0 Å². The van der Waals surface area contributed by atoms with Crippen LogP contribution in [0.4, 0.5) is 4.79 Å². The second-order valence-electron chi connectivity index (χ2n) is 5.58. The SMILES string of the molecule is CN1CCN(C(=O)NC2CC2)CC1c1ccccc1. The van der Waals surface area contributed by atoms with Gasteiger partial charge >= 0.3 is 6.03 Å². The molecule has 102 valence electrons. The third-order valence-electron chi connectivity index (χ3n) is 4.02. The summed E-state index contributed by atoms with van der Waals surface area (Å²) in [6.45, 7) is 2.52. The lowest BCUT2D eigenvalue weighted by molar-refractivity contribution is 0.110. The molecule has 3 rings (SSSR count). The molecule has 0 aromatic heterocycles. The predicted octanol–water partition coefficient (Wildman–Crippen LogP) is 1.85. The van der Waals surface area contributed by atoms with Crippen molar-refractivity contribution < 1.29 is 4.79 Å². The molecule has 19 heavy (non-hydrogen) atoms. The largest absolute Gasteiger partial charge is 0.335 e. The van der Waals surface area contributed by atoms with Crippen LogP contribution in [-0.2, 0) is 0 Å². The second kappa shape index (κ2) is 5.21. The second-order valence-corrected chi connectivity index (χ2v) is 5.58. The maximum Gasteiger partial charge on any atom is 0.317 e. The Morgan fingerprint density at radius 3 is 2.63 bits per heavy atom. The van der Waals surface area contributed by atoms with E-state index in [1.54, 1.807) is 0 Å². The molecule has 1 aliphatic heterocycles. The van der Waals surface area contributed by atoms with Gasteiger partial charge in [-0.05, 0) is 25.5 Å². The Balaban J connectivity index is 1.68. The first-order valence-corrected chi connectivity index (χ1v) is 7.04. The van der Waals surface area contributed by atoms with Crippen LogP contribution in [0.3, 0.4) is 0 Å². The lowest BCUT2D eigenvalue weighted by Crippen LogP contribution is -2.52. The van der Waals surface area contributed by atoms with Gasteiger partial charge in [-0.2, -0.15) is 0 Å². The Morgan fingerprint density at radius 2 is 1.95 bits per heavy atom. The number of urea groups is 1. The van der Waals surface area contributed by atoms with Crippen LogP contribution >= 0.6 is 0 Å². The zero-order chi connectivity index (χ0) is 13.2. The van der Waals surface area contributed by atoms with E-state index in [1.165, 1.54) is 5.56 Å². The number of nitrogens with one attached hydrogen (secondary N) is 1. The predicted molar refractivity (Wildman–Crippen MR) is 74.9 cm³/mol. The van der Waals surface area contributed by atoms with E-state index in [-0.39, 0.29) is 6.03 Å². The number of carbonyl (C=O) groups excluding carboxylic acids is 1. The maximum absolute atomic E-state index is 12.1. The van der Waals surface area contributed by atoms with Crippen LogP contribution in [0.5, 0.6) is 0 Å². The molecule has 2 fully saturated rings. The molecule has 1 saturated carbocycles. The fourth-order valence-corrected chi connectivity index (χ4v) is 2.59. The highest BCUT2D eigenvalue weighted by Gasteiger charge is 2.31. The van der Waals surface area contributed by atoms with Crippen LogP contribution in [0.15, 0.2) is 30.3 Å². The van der Waals surface area contributed by atoms with E-state index in [0.717, 1.165) is 32.5 Å². The highest BCUT2D eigenvalue weighted by atomic mass is 16.2. The van der Waals surface area contributed by atoms with E-state index in [9.17, 15) is 4.79 Å². The van der Waals surface area contributed by atoms with Crippen molar-refractivity contribution in [2.24, 2.45) is 0 Å². The van der Waals surface area contributed by atoms with Gasteiger partial charge in [0.25, 0.3) is 0 Å². The van der Waals surface area contributed by atoms with Gasteiger partial charge in [0.15, 0.2) is 0 Å². The average Bonchev–Trinajstić information content (AvgIpc) is 3.24. The number of hydrogen-bond donors (Lipinski definition) is 1. The van der Waals surface area contributed by atoms with Gasteiger partial charge in [0, 0.05) is 25.7 Å². The fourth-order valence-electron chi connectivity index (χ4n) is 2.59. The minimum absolute atomic E-state index is 0.108. The number of hydrogen-bond acceptors (Lipinski definition) is 2. The van der Waals surface area contributed by atoms with E-state index < -0.39 is 0 Å². The first-order valence-electron chi connectivity index (χ1n) is 7.04. The summed E-state index contributed by atoms with van der Waals surface area (Å²) in [6.07, 6.45) is 2.28. The highest BCUT2D eigenvalue weighted by Crippen LogP contribution is 2.24. The summed E-state index contributed by atoms with van der Waals surface area (Å²) in [7, 11) is 2.13. The topological polar surface area (TPSA) is 35.6 Å². The molecule has 1 heterocycles. The first-order chi connectivity index (χ1) is 9.24. The summed E-state index contributed by atoms with van der Waals surface area (Å²) in [5, 5.41) is 3.08. The van der Waals surface area contributed by atoms with Crippen molar-refractivity contribution in [1.29, 1.82) is 0 Å². The zero-order valence-corrected chi connectivity index (χ0v) is 11.4. The normalized spacial score (nSPS) is 24.3. The van der Waals surface area contributed by atoms with Crippen molar-refractivity contribution in [3.63, 3.8) is 0 Å². The standard InChI is InChI=1S/C15H21N3O/c1-17-9-10-18(15(19)16-13-7-8-13)11-14(17)12-5-3-2-4-6-12/h2-6,13-14H,7-11H2,1H3,(H,16,19). The van der Waals surface area contributed by atoms with Gasteiger partial charge in [0.2, 0.25) is 0 Å². The summed E-state index contributed by atoms with van der Waals surface area (Å²) < 4.78 is 0. The number of nitrogens with zero attached hydrogens (tertiary/aromatic N) is 2. The minimum Gasteiger partial charge on any atom is -0.335 e. The summed E-state index contributed by atoms with van der Waals surface area (Å²) in [4.78, 5) is 16.4. The van der Waals surface area contributed by atoms with Gasteiger partial charge in [-0.15, -0.1) is 0 Å². The summed E-state index contributed by atoms with van der Waals surface area (Å²) in [6, 6.07) is 11.3. The van der Waals surface area contributed by atoms with Crippen molar-refractivity contribution >= 4 is 6.03 Å². The van der Waals surface area contributed by atoms with Crippen LogP contribution < -0.4 is 5.32 Å². The van der Waals surface area contributed by atoms with Crippen LogP contribution in [-0.4, -0.2) is 48.6 Å². The number of piperazine rings is 1. The number of likely N-dealkylation sites (N-methyl/N-ethyl adjacent to an activating group) is 1. The molecule has 1 saturated heterocycles. The van der Waals surface area contributed by atoms with Crippen molar-refractivity contribution in [3.8, 4) is 0 Å². The highest BCUT2D eigenvalue weighted by molar-refractivity contribution is 5.75. The van der Waals surface area contributed by atoms with Crippen molar-refractivity contribution in [1.82, 2.24) is 15.1 Å². The number of amides is 2. The van der Waals surface area contributed by atoms with Gasteiger partial charge in [-0.25, -0.2) is 4.79 Å². The molecule has 1 N–H and O–H groups in total. The smallest absolute Gasteiger partial charge is 0.317 e. The van der Waals surface area contributed by atoms with Gasteiger partial charge < -0.3 is 10.2 Å². The van der Waals surface area contributed by atoms with E-state index in [2.05, 4.69) is 41.5 Å². The van der Waals surface area contributed by atoms with Gasteiger partial charge in [0.05, 0.1) is 6.04 Å². The lowest BCUT2D eigenvalue weighted by atomic mass is 10.0. The van der Waals surface area contributed by atoms with Crippen molar-refractivity contribution in [2.45, 2.75) is 24.9 Å². The lowest BCUT2D eigenvalue weighted by Gasteiger charge is -2.39. The molecule has 2 amide bonds. The number of benzene rings is 1. The van der Waals surface area contributed by atoms with Crippen molar-refractivity contribution in [3.05, 3.63) is 35.9 Å². The summed E-state index contributed by atoms with van der Waals surface area (Å²) in [5.41, 5.74) is 1.29. The average molecular weight is 259 g/mol. The summed E-state index contributed by atoms with van der Waals surface area (Å²) in [5.74, 6) is 0. The summed E-state index contributed by atoms with van der Waals surface area (Å²) >= 11 is 0. The van der Waals surface area contributed by atoms with Crippen LogP contribution in [0.25, 0.3) is 0 Å². The molecule has 4 nitrogen and oxygen atoms in total. The van der Waals surface area contributed by atoms with Gasteiger partial charge in [-0.1, -0.05) is 30.3 Å².